The minimum atomic E-state index is -0.0919. The van der Waals surface area contributed by atoms with Crippen LogP contribution in [0.2, 0.25) is 0 Å². The Balaban J connectivity index is 1.38. The SMILES string of the molecule is CC(=O)Nc1cccc(-c2csc3cnc(Nc4ccc(N5CCOCC5)cc4)nc23)c1. The van der Waals surface area contributed by atoms with Gasteiger partial charge >= 0.3 is 0 Å². The second-order valence-electron chi connectivity index (χ2n) is 7.59. The minimum absolute atomic E-state index is 0.0919. The van der Waals surface area contributed by atoms with E-state index in [1.165, 1.54) is 12.6 Å². The zero-order valence-corrected chi connectivity index (χ0v) is 18.5. The van der Waals surface area contributed by atoms with Crippen LogP contribution in [0.4, 0.5) is 23.0 Å². The molecule has 8 heteroatoms. The Bertz CT molecular complexity index is 1250. The van der Waals surface area contributed by atoms with E-state index in [2.05, 4.69) is 38.0 Å². The lowest BCUT2D eigenvalue weighted by atomic mass is 10.1. The summed E-state index contributed by atoms with van der Waals surface area (Å²) in [5.74, 6) is 0.458. The van der Waals surface area contributed by atoms with Crippen LogP contribution in [0.5, 0.6) is 0 Å². The van der Waals surface area contributed by atoms with E-state index in [1.54, 1.807) is 11.3 Å². The third-order valence-electron chi connectivity index (χ3n) is 5.31. The lowest BCUT2D eigenvalue weighted by Gasteiger charge is -2.28. The molecule has 7 nitrogen and oxygen atoms in total. The van der Waals surface area contributed by atoms with Gasteiger partial charge in [0, 0.05) is 48.0 Å². The fourth-order valence-corrected chi connectivity index (χ4v) is 4.64. The summed E-state index contributed by atoms with van der Waals surface area (Å²) >= 11 is 1.61. The van der Waals surface area contributed by atoms with E-state index >= 15 is 0 Å². The summed E-state index contributed by atoms with van der Waals surface area (Å²) in [6.07, 6.45) is 1.85. The van der Waals surface area contributed by atoms with E-state index < -0.39 is 0 Å². The highest BCUT2D eigenvalue weighted by Gasteiger charge is 2.13. The Kier molecular flexibility index (Phi) is 5.70. The van der Waals surface area contributed by atoms with E-state index in [1.807, 2.05) is 42.6 Å². The fraction of sp³-hybridized carbons (Fsp3) is 0.208. The summed E-state index contributed by atoms with van der Waals surface area (Å²) in [5.41, 5.74) is 5.80. The average Bonchev–Trinajstić information content (AvgIpc) is 3.23. The second-order valence-corrected chi connectivity index (χ2v) is 8.50. The van der Waals surface area contributed by atoms with Crippen LogP contribution < -0.4 is 15.5 Å². The largest absolute Gasteiger partial charge is 0.378 e. The topological polar surface area (TPSA) is 79.4 Å². The number of carbonyl (C=O) groups excluding carboxylic acids is 1. The zero-order chi connectivity index (χ0) is 21.9. The van der Waals surface area contributed by atoms with Gasteiger partial charge in [-0.2, -0.15) is 0 Å². The van der Waals surface area contributed by atoms with Gasteiger partial charge in [0.15, 0.2) is 0 Å². The average molecular weight is 446 g/mol. The number of hydrogen-bond acceptors (Lipinski definition) is 7. The van der Waals surface area contributed by atoms with E-state index in [0.717, 1.165) is 59.0 Å². The highest BCUT2D eigenvalue weighted by molar-refractivity contribution is 7.17. The quantitative estimate of drug-likeness (QED) is 0.455. The van der Waals surface area contributed by atoms with Gasteiger partial charge in [0.05, 0.1) is 29.6 Å². The third kappa shape index (κ3) is 4.42. The Morgan fingerprint density at radius 1 is 1.09 bits per heavy atom. The van der Waals surface area contributed by atoms with Crippen LogP contribution in [0.1, 0.15) is 6.92 Å². The summed E-state index contributed by atoms with van der Waals surface area (Å²) in [4.78, 5) is 23.0. The van der Waals surface area contributed by atoms with Crippen molar-refractivity contribution in [1.29, 1.82) is 0 Å². The van der Waals surface area contributed by atoms with Crippen LogP contribution in [-0.4, -0.2) is 42.2 Å². The molecular weight excluding hydrogens is 422 g/mol. The highest BCUT2D eigenvalue weighted by atomic mass is 32.1. The lowest BCUT2D eigenvalue weighted by Crippen LogP contribution is -2.36. The van der Waals surface area contributed by atoms with E-state index in [4.69, 9.17) is 9.72 Å². The number of carbonyl (C=O) groups is 1. The van der Waals surface area contributed by atoms with Crippen molar-refractivity contribution in [3.05, 3.63) is 60.1 Å². The van der Waals surface area contributed by atoms with E-state index in [-0.39, 0.29) is 5.91 Å². The number of hydrogen-bond donors (Lipinski definition) is 2. The molecule has 1 aliphatic rings. The number of morpholine rings is 1. The molecule has 2 aromatic heterocycles. The monoisotopic (exact) mass is 445 g/mol. The predicted molar refractivity (Wildman–Crippen MR) is 130 cm³/mol. The Hall–Kier alpha value is -3.49. The van der Waals surface area contributed by atoms with Crippen molar-refractivity contribution in [2.75, 3.05) is 41.8 Å². The molecule has 0 bridgehead atoms. The van der Waals surface area contributed by atoms with Gasteiger partial charge in [-0.1, -0.05) is 12.1 Å². The van der Waals surface area contributed by atoms with Crippen LogP contribution >= 0.6 is 11.3 Å². The highest BCUT2D eigenvalue weighted by Crippen LogP contribution is 2.34. The summed E-state index contributed by atoms with van der Waals surface area (Å²) in [7, 11) is 0. The van der Waals surface area contributed by atoms with Gasteiger partial charge in [0.2, 0.25) is 11.9 Å². The number of benzene rings is 2. The number of aromatic nitrogens is 2. The first-order valence-electron chi connectivity index (χ1n) is 10.5. The number of nitrogens with one attached hydrogen (secondary N) is 2. The summed E-state index contributed by atoms with van der Waals surface area (Å²) in [6, 6.07) is 16.1. The molecule has 32 heavy (non-hydrogen) atoms. The molecule has 3 heterocycles. The first-order chi connectivity index (χ1) is 15.7. The van der Waals surface area contributed by atoms with E-state index in [9.17, 15) is 4.79 Å². The van der Waals surface area contributed by atoms with Gasteiger partial charge in [-0.3, -0.25) is 4.79 Å². The molecule has 5 rings (SSSR count). The molecule has 1 saturated heterocycles. The molecule has 2 N–H and O–H groups in total. The summed E-state index contributed by atoms with van der Waals surface area (Å²) in [5, 5.41) is 8.23. The van der Waals surface area contributed by atoms with Gasteiger partial charge in [-0.05, 0) is 42.0 Å². The molecule has 1 aliphatic heterocycles. The first-order valence-corrected chi connectivity index (χ1v) is 11.4. The molecule has 1 amide bonds. The Morgan fingerprint density at radius 3 is 2.69 bits per heavy atom. The molecular formula is C24H23N5O2S. The number of amides is 1. The van der Waals surface area contributed by atoms with Crippen LogP contribution in [0.3, 0.4) is 0 Å². The molecule has 0 unspecified atom stereocenters. The maximum atomic E-state index is 11.4. The molecule has 162 valence electrons. The molecule has 0 spiro atoms. The van der Waals surface area contributed by atoms with Crippen LogP contribution in [0, 0.1) is 0 Å². The minimum Gasteiger partial charge on any atom is -0.378 e. The molecule has 2 aromatic carbocycles. The number of rotatable bonds is 5. The molecule has 0 atom stereocenters. The number of fused-ring (bicyclic) bond motifs is 1. The van der Waals surface area contributed by atoms with Crippen molar-refractivity contribution < 1.29 is 9.53 Å². The molecule has 0 radical (unpaired) electrons. The van der Waals surface area contributed by atoms with Crippen molar-refractivity contribution in [2.45, 2.75) is 6.92 Å². The van der Waals surface area contributed by atoms with Gasteiger partial charge in [0.1, 0.15) is 0 Å². The smallest absolute Gasteiger partial charge is 0.227 e. The van der Waals surface area contributed by atoms with E-state index in [0.29, 0.717) is 5.95 Å². The van der Waals surface area contributed by atoms with Gasteiger partial charge in [-0.15, -0.1) is 11.3 Å². The standard InChI is InChI=1S/C24H23N5O2S/c1-16(30)26-19-4-2-3-17(13-19)21-15-32-22-14-25-24(28-23(21)22)27-18-5-7-20(8-6-18)29-9-11-31-12-10-29/h2-8,13-15H,9-12H2,1H3,(H,26,30)(H,25,27,28). The molecule has 4 aromatic rings. The van der Waals surface area contributed by atoms with Crippen molar-refractivity contribution in [3.8, 4) is 11.1 Å². The van der Waals surface area contributed by atoms with Crippen molar-refractivity contribution in [3.63, 3.8) is 0 Å². The summed E-state index contributed by atoms with van der Waals surface area (Å²) < 4.78 is 6.44. The number of nitrogens with zero attached hydrogens (tertiary/aromatic N) is 3. The van der Waals surface area contributed by atoms with Gasteiger partial charge in [0.25, 0.3) is 0 Å². The number of thiophene rings is 1. The maximum absolute atomic E-state index is 11.4. The Morgan fingerprint density at radius 2 is 1.91 bits per heavy atom. The lowest BCUT2D eigenvalue weighted by molar-refractivity contribution is -0.114. The van der Waals surface area contributed by atoms with Crippen molar-refractivity contribution in [2.24, 2.45) is 0 Å². The second kappa shape index (κ2) is 8.94. The van der Waals surface area contributed by atoms with Crippen molar-refractivity contribution in [1.82, 2.24) is 9.97 Å². The van der Waals surface area contributed by atoms with Gasteiger partial charge in [-0.25, -0.2) is 9.97 Å². The maximum Gasteiger partial charge on any atom is 0.227 e. The predicted octanol–water partition coefficient (Wildman–Crippen LogP) is 4.90. The number of ether oxygens (including phenoxy) is 1. The fourth-order valence-electron chi connectivity index (χ4n) is 3.77. The van der Waals surface area contributed by atoms with Crippen LogP contribution in [-0.2, 0) is 9.53 Å². The number of anilines is 4. The Labute approximate surface area is 190 Å². The molecule has 1 fully saturated rings. The first kappa shape index (κ1) is 20.4. The molecule has 0 aliphatic carbocycles. The normalized spacial score (nSPS) is 13.8. The van der Waals surface area contributed by atoms with Crippen LogP contribution in [0.25, 0.3) is 21.3 Å². The van der Waals surface area contributed by atoms with Crippen molar-refractivity contribution >= 4 is 50.5 Å². The summed E-state index contributed by atoms with van der Waals surface area (Å²) in [6.45, 7) is 4.87. The zero-order valence-electron chi connectivity index (χ0n) is 17.7. The van der Waals surface area contributed by atoms with Gasteiger partial charge < -0.3 is 20.3 Å². The molecule has 0 saturated carbocycles. The van der Waals surface area contributed by atoms with Crippen LogP contribution in [0.15, 0.2) is 60.1 Å². The third-order valence-corrected chi connectivity index (χ3v) is 6.21.